The highest BCUT2D eigenvalue weighted by molar-refractivity contribution is 5.75. The van der Waals surface area contributed by atoms with E-state index < -0.39 is 0 Å². The number of hydrogen-bond acceptors (Lipinski definition) is 7. The van der Waals surface area contributed by atoms with Gasteiger partial charge in [0.2, 0.25) is 5.91 Å². The summed E-state index contributed by atoms with van der Waals surface area (Å²) in [7, 11) is 0. The van der Waals surface area contributed by atoms with Gasteiger partial charge in [0.15, 0.2) is 11.5 Å². The van der Waals surface area contributed by atoms with Gasteiger partial charge in [-0.1, -0.05) is 97.1 Å². The Morgan fingerprint density at radius 1 is 0.532 bits per heavy atom. The molecule has 4 aromatic carbocycles. The van der Waals surface area contributed by atoms with Crippen LogP contribution in [0.25, 0.3) is 0 Å². The summed E-state index contributed by atoms with van der Waals surface area (Å²) < 4.78 is 29.1. The number of benzene rings is 4. The Labute approximate surface area is 279 Å². The number of rotatable bonds is 24. The van der Waals surface area contributed by atoms with Crippen molar-refractivity contribution in [1.82, 2.24) is 10.6 Å². The fraction of sp³-hybridized carbons (Fsp3) is 0.359. The number of carbonyl (C=O) groups excluding carboxylic acids is 1. The molecule has 0 aromatic heterocycles. The monoisotopic (exact) mass is 640 g/mol. The van der Waals surface area contributed by atoms with Gasteiger partial charge >= 0.3 is 0 Å². The summed E-state index contributed by atoms with van der Waals surface area (Å²) in [5.41, 5.74) is 4.57. The van der Waals surface area contributed by atoms with Gasteiger partial charge in [-0.05, 0) is 47.2 Å². The highest BCUT2D eigenvalue weighted by atomic mass is 16.5. The topological polar surface area (TPSA) is 87.3 Å². The maximum absolute atomic E-state index is 11.9. The second kappa shape index (κ2) is 22.3. The van der Waals surface area contributed by atoms with Crippen LogP contribution in [0.5, 0.6) is 11.5 Å². The fourth-order valence-electron chi connectivity index (χ4n) is 4.73. The Hall–Kier alpha value is -4.21. The summed E-state index contributed by atoms with van der Waals surface area (Å²) in [5.74, 6) is 1.51. The van der Waals surface area contributed by atoms with E-state index in [1.165, 1.54) is 5.56 Å². The molecule has 47 heavy (non-hydrogen) atoms. The molecule has 4 aromatic rings. The molecule has 0 fully saturated rings. The molecule has 0 saturated carbocycles. The first-order valence-corrected chi connectivity index (χ1v) is 16.5. The molecule has 0 aliphatic heterocycles. The molecule has 4 rings (SSSR count). The van der Waals surface area contributed by atoms with Crippen LogP contribution < -0.4 is 20.1 Å². The molecular formula is C39H48N2O6. The second-order valence-electron chi connectivity index (χ2n) is 11.0. The van der Waals surface area contributed by atoms with E-state index in [9.17, 15) is 4.79 Å². The van der Waals surface area contributed by atoms with Gasteiger partial charge in [-0.15, -0.1) is 0 Å². The van der Waals surface area contributed by atoms with E-state index in [0.29, 0.717) is 78.9 Å². The SMILES string of the molecule is O=C(CCCc1ccccc1)NCCOCCOCCOCCNCc1ccc(OCc2ccccc2)c(OCc2ccccc2)c1. The Balaban J connectivity index is 1.01. The number of carbonyl (C=O) groups is 1. The van der Waals surface area contributed by atoms with Gasteiger partial charge < -0.3 is 34.3 Å². The summed E-state index contributed by atoms with van der Waals surface area (Å²) >= 11 is 0. The van der Waals surface area contributed by atoms with Crippen LogP contribution in [0.1, 0.15) is 35.1 Å². The van der Waals surface area contributed by atoms with Crippen LogP contribution in [0.15, 0.2) is 109 Å². The Bertz CT molecular complexity index is 1390. The molecule has 8 heteroatoms. The molecule has 8 nitrogen and oxygen atoms in total. The first kappa shape index (κ1) is 35.6. The van der Waals surface area contributed by atoms with E-state index in [1.807, 2.05) is 91.0 Å². The lowest BCUT2D eigenvalue weighted by Gasteiger charge is -2.15. The normalized spacial score (nSPS) is 10.9. The summed E-state index contributed by atoms with van der Waals surface area (Å²) in [6.45, 7) is 5.92. The van der Waals surface area contributed by atoms with E-state index >= 15 is 0 Å². The third-order valence-electron chi connectivity index (χ3n) is 7.26. The predicted molar refractivity (Wildman–Crippen MR) is 185 cm³/mol. The lowest BCUT2D eigenvalue weighted by Crippen LogP contribution is -2.27. The predicted octanol–water partition coefficient (Wildman–Crippen LogP) is 6.12. The van der Waals surface area contributed by atoms with Crippen LogP contribution in [0.4, 0.5) is 0 Å². The summed E-state index contributed by atoms with van der Waals surface area (Å²) in [5, 5.41) is 6.32. The van der Waals surface area contributed by atoms with Gasteiger partial charge in [0.1, 0.15) is 13.2 Å². The maximum Gasteiger partial charge on any atom is 0.220 e. The van der Waals surface area contributed by atoms with Crippen molar-refractivity contribution in [3.05, 3.63) is 131 Å². The average molecular weight is 641 g/mol. The van der Waals surface area contributed by atoms with Gasteiger partial charge in [-0.25, -0.2) is 0 Å². The van der Waals surface area contributed by atoms with Crippen molar-refractivity contribution >= 4 is 5.91 Å². The average Bonchev–Trinajstić information content (AvgIpc) is 3.11. The van der Waals surface area contributed by atoms with Crippen molar-refractivity contribution in [3.8, 4) is 11.5 Å². The molecule has 0 saturated heterocycles. The maximum atomic E-state index is 11.9. The number of amides is 1. The quantitative estimate of drug-likeness (QED) is 0.0893. The first-order valence-electron chi connectivity index (χ1n) is 16.5. The van der Waals surface area contributed by atoms with Crippen molar-refractivity contribution < 1.29 is 28.5 Å². The minimum Gasteiger partial charge on any atom is -0.485 e. The molecule has 0 unspecified atom stereocenters. The highest BCUT2D eigenvalue weighted by Crippen LogP contribution is 2.30. The molecule has 0 aliphatic rings. The highest BCUT2D eigenvalue weighted by Gasteiger charge is 2.09. The van der Waals surface area contributed by atoms with Crippen LogP contribution in [-0.2, 0) is 45.2 Å². The zero-order valence-electron chi connectivity index (χ0n) is 27.2. The third kappa shape index (κ3) is 15.3. The second-order valence-corrected chi connectivity index (χ2v) is 11.0. The molecule has 0 aliphatic carbocycles. The Morgan fingerprint density at radius 2 is 1.06 bits per heavy atom. The van der Waals surface area contributed by atoms with Crippen LogP contribution in [-0.4, -0.2) is 58.6 Å². The molecular weight excluding hydrogens is 592 g/mol. The summed E-state index contributed by atoms with van der Waals surface area (Å²) in [6, 6.07) is 36.5. The van der Waals surface area contributed by atoms with Crippen LogP contribution in [0, 0.1) is 0 Å². The molecule has 0 atom stereocenters. The third-order valence-corrected chi connectivity index (χ3v) is 7.26. The molecule has 250 valence electrons. The van der Waals surface area contributed by atoms with E-state index in [1.54, 1.807) is 0 Å². The minimum atomic E-state index is 0.0621. The summed E-state index contributed by atoms with van der Waals surface area (Å²) in [4.78, 5) is 11.9. The number of nitrogens with one attached hydrogen (secondary N) is 2. The van der Waals surface area contributed by atoms with Gasteiger partial charge in [0.05, 0.1) is 39.6 Å². The minimum absolute atomic E-state index is 0.0621. The lowest BCUT2D eigenvalue weighted by atomic mass is 10.1. The zero-order valence-corrected chi connectivity index (χ0v) is 27.2. The molecule has 2 N–H and O–H groups in total. The van der Waals surface area contributed by atoms with E-state index in [4.69, 9.17) is 23.7 Å². The molecule has 0 heterocycles. The van der Waals surface area contributed by atoms with Crippen LogP contribution in [0.3, 0.4) is 0 Å². The largest absolute Gasteiger partial charge is 0.485 e. The fourth-order valence-corrected chi connectivity index (χ4v) is 4.73. The first-order chi connectivity index (χ1) is 23.3. The smallest absolute Gasteiger partial charge is 0.220 e. The van der Waals surface area contributed by atoms with Crippen molar-refractivity contribution in [2.75, 3.05) is 52.7 Å². The summed E-state index contributed by atoms with van der Waals surface area (Å²) in [6.07, 6.45) is 2.28. The number of aryl methyl sites for hydroxylation is 1. The van der Waals surface area contributed by atoms with Crippen LogP contribution in [0.2, 0.25) is 0 Å². The van der Waals surface area contributed by atoms with Crippen molar-refractivity contribution in [2.45, 2.75) is 39.0 Å². The number of hydrogen-bond donors (Lipinski definition) is 2. The molecule has 1 amide bonds. The van der Waals surface area contributed by atoms with Crippen molar-refractivity contribution in [3.63, 3.8) is 0 Å². The standard InChI is InChI=1S/C39H48N2O6/c42-39(18-10-17-33-11-4-1-5-12-33)41-22-24-44-26-28-45-27-25-43-23-21-40-30-36-19-20-37(46-31-34-13-6-2-7-14-34)38(29-36)47-32-35-15-8-3-9-16-35/h1-9,11-16,19-20,29,40H,10,17-18,21-28,30-32H2,(H,41,42). The molecule has 0 bridgehead atoms. The van der Waals surface area contributed by atoms with Crippen molar-refractivity contribution in [1.29, 1.82) is 0 Å². The Morgan fingerprint density at radius 3 is 1.68 bits per heavy atom. The van der Waals surface area contributed by atoms with Crippen molar-refractivity contribution in [2.24, 2.45) is 0 Å². The van der Waals surface area contributed by atoms with Gasteiger partial charge in [-0.3, -0.25) is 4.79 Å². The van der Waals surface area contributed by atoms with E-state index in [-0.39, 0.29) is 5.91 Å². The Kier molecular flexibility index (Phi) is 16.9. The molecule has 0 spiro atoms. The van der Waals surface area contributed by atoms with Gasteiger partial charge in [0.25, 0.3) is 0 Å². The lowest BCUT2D eigenvalue weighted by molar-refractivity contribution is -0.121. The molecule has 0 radical (unpaired) electrons. The number of ether oxygens (including phenoxy) is 5. The van der Waals surface area contributed by atoms with E-state index in [0.717, 1.165) is 41.0 Å². The van der Waals surface area contributed by atoms with E-state index in [2.05, 4.69) is 28.8 Å². The van der Waals surface area contributed by atoms with Crippen LogP contribution >= 0.6 is 0 Å². The van der Waals surface area contributed by atoms with Gasteiger partial charge in [-0.2, -0.15) is 0 Å². The zero-order chi connectivity index (χ0) is 32.6. The van der Waals surface area contributed by atoms with Gasteiger partial charge in [0, 0.05) is 26.1 Å².